The molecule has 116 valence electrons. The van der Waals surface area contributed by atoms with E-state index < -0.39 is 0 Å². The van der Waals surface area contributed by atoms with Gasteiger partial charge in [0, 0.05) is 24.1 Å². The number of Topliss-reactive ketones (excluding diaryl/α,β-unsaturated/α-hetero) is 1. The molecule has 1 unspecified atom stereocenters. The van der Waals surface area contributed by atoms with Gasteiger partial charge in [-0.3, -0.25) is 4.79 Å². The first-order valence-electron chi connectivity index (χ1n) is 8.13. The summed E-state index contributed by atoms with van der Waals surface area (Å²) in [7, 11) is 2.17. The number of piperidine rings is 1. The number of rotatable bonds is 6. The van der Waals surface area contributed by atoms with Gasteiger partial charge in [-0.05, 0) is 39.5 Å². The van der Waals surface area contributed by atoms with Gasteiger partial charge in [0.1, 0.15) is 0 Å². The average molecular weight is 288 g/mol. The maximum absolute atomic E-state index is 12.4. The highest BCUT2D eigenvalue weighted by molar-refractivity contribution is 5.97. The minimum Gasteiger partial charge on any atom is -0.303 e. The van der Waals surface area contributed by atoms with Gasteiger partial charge in [0.25, 0.3) is 0 Å². The minimum absolute atomic E-state index is 0.0570. The molecule has 1 heterocycles. The number of likely N-dealkylation sites (tertiary alicyclic amines) is 1. The summed E-state index contributed by atoms with van der Waals surface area (Å²) in [6.45, 7) is 8.65. The maximum Gasteiger partial charge on any atom is 0.166 e. The van der Waals surface area contributed by atoms with Crippen LogP contribution in [0.2, 0.25) is 0 Å². The molecule has 3 nitrogen and oxygen atoms in total. The fraction of sp³-hybridized carbons (Fsp3) is 0.611. The number of hydrogen-bond acceptors (Lipinski definition) is 3. The second-order valence-electron chi connectivity index (χ2n) is 6.24. The lowest BCUT2D eigenvalue weighted by atomic mass is 9.97. The molecule has 0 aliphatic carbocycles. The molecule has 0 aromatic heterocycles. The van der Waals surface area contributed by atoms with Crippen LogP contribution in [0.25, 0.3) is 0 Å². The summed E-state index contributed by atoms with van der Waals surface area (Å²) < 4.78 is 0. The zero-order valence-electron chi connectivity index (χ0n) is 13.6. The normalized spacial score (nSPS) is 18.9. The van der Waals surface area contributed by atoms with Gasteiger partial charge in [-0.2, -0.15) is 0 Å². The van der Waals surface area contributed by atoms with Crippen LogP contribution in [-0.4, -0.2) is 54.9 Å². The molecule has 0 saturated carbocycles. The van der Waals surface area contributed by atoms with Gasteiger partial charge in [0.15, 0.2) is 5.78 Å². The molecule has 1 saturated heterocycles. The second-order valence-corrected chi connectivity index (χ2v) is 6.24. The summed E-state index contributed by atoms with van der Waals surface area (Å²) in [4.78, 5) is 17.3. The largest absolute Gasteiger partial charge is 0.303 e. The highest BCUT2D eigenvalue weighted by Crippen LogP contribution is 2.17. The third-order valence-corrected chi connectivity index (χ3v) is 4.70. The van der Waals surface area contributed by atoms with Crippen LogP contribution in [0.5, 0.6) is 0 Å². The van der Waals surface area contributed by atoms with Crippen LogP contribution in [0, 0.1) is 5.92 Å². The highest BCUT2D eigenvalue weighted by Gasteiger charge is 2.24. The summed E-state index contributed by atoms with van der Waals surface area (Å²) in [6, 6.07) is 10.3. The Morgan fingerprint density at radius 2 is 1.90 bits per heavy atom. The fourth-order valence-corrected chi connectivity index (χ4v) is 3.23. The van der Waals surface area contributed by atoms with Crippen molar-refractivity contribution in [3.63, 3.8) is 0 Å². The monoisotopic (exact) mass is 288 g/mol. The highest BCUT2D eigenvalue weighted by atomic mass is 16.1. The Morgan fingerprint density at radius 3 is 2.48 bits per heavy atom. The predicted octanol–water partition coefficient (Wildman–Crippen LogP) is 2.92. The summed E-state index contributed by atoms with van der Waals surface area (Å²) >= 11 is 0. The molecule has 2 rings (SSSR count). The summed E-state index contributed by atoms with van der Waals surface area (Å²) in [6.07, 6.45) is 2.44. The zero-order chi connectivity index (χ0) is 15.2. The van der Waals surface area contributed by atoms with E-state index in [0.29, 0.717) is 6.04 Å². The average Bonchev–Trinajstić information content (AvgIpc) is 2.55. The molecule has 0 spiro atoms. The van der Waals surface area contributed by atoms with Gasteiger partial charge >= 0.3 is 0 Å². The predicted molar refractivity (Wildman–Crippen MR) is 87.7 cm³/mol. The van der Waals surface area contributed by atoms with Crippen molar-refractivity contribution in [1.82, 2.24) is 9.80 Å². The van der Waals surface area contributed by atoms with Crippen molar-refractivity contribution in [2.24, 2.45) is 5.92 Å². The van der Waals surface area contributed by atoms with Gasteiger partial charge in [-0.15, -0.1) is 0 Å². The zero-order valence-corrected chi connectivity index (χ0v) is 13.6. The molecule has 1 aliphatic heterocycles. The van der Waals surface area contributed by atoms with Crippen molar-refractivity contribution in [3.8, 4) is 0 Å². The number of carbonyl (C=O) groups is 1. The van der Waals surface area contributed by atoms with Gasteiger partial charge in [0.05, 0.1) is 0 Å². The van der Waals surface area contributed by atoms with Crippen molar-refractivity contribution in [1.29, 1.82) is 0 Å². The molecule has 1 aromatic carbocycles. The summed E-state index contributed by atoms with van der Waals surface area (Å²) in [5, 5.41) is 0. The lowest BCUT2D eigenvalue weighted by Crippen LogP contribution is -2.45. The number of carbonyl (C=O) groups excluding carboxylic acids is 1. The first-order chi connectivity index (χ1) is 10.1. The third kappa shape index (κ3) is 4.39. The quantitative estimate of drug-likeness (QED) is 0.752. The molecule has 0 amide bonds. The van der Waals surface area contributed by atoms with E-state index in [2.05, 4.69) is 23.8 Å². The molecule has 1 aliphatic rings. The van der Waals surface area contributed by atoms with Gasteiger partial charge in [-0.1, -0.05) is 44.2 Å². The Bertz CT molecular complexity index is 438. The van der Waals surface area contributed by atoms with Crippen LogP contribution >= 0.6 is 0 Å². The smallest absolute Gasteiger partial charge is 0.166 e. The fourth-order valence-electron chi connectivity index (χ4n) is 3.23. The van der Waals surface area contributed by atoms with Crippen LogP contribution in [0.15, 0.2) is 30.3 Å². The molecular formula is C18H28N2O. The van der Waals surface area contributed by atoms with Gasteiger partial charge in [-0.25, -0.2) is 0 Å². The first-order valence-corrected chi connectivity index (χ1v) is 8.13. The molecule has 1 aromatic rings. The van der Waals surface area contributed by atoms with Crippen LogP contribution in [0.3, 0.4) is 0 Å². The molecule has 0 radical (unpaired) electrons. The Morgan fingerprint density at radius 1 is 1.29 bits per heavy atom. The Balaban J connectivity index is 1.85. The molecule has 21 heavy (non-hydrogen) atoms. The summed E-state index contributed by atoms with van der Waals surface area (Å²) in [5.41, 5.74) is 0.833. The van der Waals surface area contributed by atoms with Crippen molar-refractivity contribution in [2.75, 3.05) is 33.2 Å². The molecule has 3 heteroatoms. The van der Waals surface area contributed by atoms with Gasteiger partial charge < -0.3 is 9.80 Å². The first kappa shape index (κ1) is 16.2. The number of ketones is 1. The van der Waals surface area contributed by atoms with Crippen molar-refractivity contribution >= 4 is 5.78 Å². The standard InChI is InChI=1S/C18H28N2O/c1-4-20-12-10-17(11-13-20)19(3)14-15(2)18(21)16-8-6-5-7-9-16/h5-9,15,17H,4,10-14H2,1-3H3. The minimum atomic E-state index is 0.0570. The van der Waals surface area contributed by atoms with Crippen LogP contribution in [-0.2, 0) is 0 Å². The van der Waals surface area contributed by atoms with Crippen molar-refractivity contribution in [2.45, 2.75) is 32.7 Å². The number of hydrogen-bond donors (Lipinski definition) is 0. The molecule has 0 N–H and O–H groups in total. The van der Waals surface area contributed by atoms with E-state index in [1.54, 1.807) is 0 Å². The lowest BCUT2D eigenvalue weighted by molar-refractivity contribution is 0.0840. The van der Waals surface area contributed by atoms with E-state index in [1.165, 1.54) is 25.9 Å². The van der Waals surface area contributed by atoms with E-state index in [4.69, 9.17) is 0 Å². The Kier molecular flexibility index (Phi) is 5.95. The van der Waals surface area contributed by atoms with Crippen molar-refractivity contribution in [3.05, 3.63) is 35.9 Å². The van der Waals surface area contributed by atoms with E-state index >= 15 is 0 Å². The summed E-state index contributed by atoms with van der Waals surface area (Å²) in [5.74, 6) is 0.315. The Labute approximate surface area is 128 Å². The van der Waals surface area contributed by atoms with Crippen molar-refractivity contribution < 1.29 is 4.79 Å². The third-order valence-electron chi connectivity index (χ3n) is 4.70. The molecule has 0 bridgehead atoms. The molecular weight excluding hydrogens is 260 g/mol. The Hall–Kier alpha value is -1.19. The molecule has 1 fully saturated rings. The van der Waals surface area contributed by atoms with Gasteiger partial charge in [0.2, 0.25) is 0 Å². The maximum atomic E-state index is 12.4. The second kappa shape index (κ2) is 7.71. The molecule has 1 atom stereocenters. The van der Waals surface area contributed by atoms with E-state index in [9.17, 15) is 4.79 Å². The van der Waals surface area contributed by atoms with E-state index in [0.717, 1.165) is 18.7 Å². The lowest BCUT2D eigenvalue weighted by Gasteiger charge is -2.37. The van der Waals surface area contributed by atoms with E-state index in [1.807, 2.05) is 37.3 Å². The van der Waals surface area contributed by atoms with E-state index in [-0.39, 0.29) is 11.7 Å². The SMILES string of the molecule is CCN1CCC(N(C)CC(C)C(=O)c2ccccc2)CC1. The number of benzene rings is 1. The number of nitrogens with zero attached hydrogens (tertiary/aromatic N) is 2. The van der Waals surface area contributed by atoms with Crippen LogP contribution in [0.4, 0.5) is 0 Å². The topological polar surface area (TPSA) is 23.6 Å². The van der Waals surface area contributed by atoms with Crippen LogP contribution in [0.1, 0.15) is 37.0 Å². The van der Waals surface area contributed by atoms with Crippen LogP contribution < -0.4 is 0 Å².